The second-order valence-corrected chi connectivity index (χ2v) is 6.96. The van der Waals surface area contributed by atoms with E-state index >= 15 is 0 Å². The van der Waals surface area contributed by atoms with Crippen LogP contribution in [0.3, 0.4) is 0 Å². The van der Waals surface area contributed by atoms with Crippen LogP contribution in [-0.2, 0) is 6.42 Å². The maximum atomic E-state index is 13.6. The number of nitrogens with two attached hydrogens (primary N) is 1. The Morgan fingerprint density at radius 1 is 1.30 bits per heavy atom. The van der Waals surface area contributed by atoms with E-state index in [1.807, 2.05) is 6.07 Å². The predicted octanol–water partition coefficient (Wildman–Crippen LogP) is 3.34. The van der Waals surface area contributed by atoms with E-state index in [-0.39, 0.29) is 11.4 Å². The third-order valence-corrected chi connectivity index (χ3v) is 5.16. The van der Waals surface area contributed by atoms with Crippen molar-refractivity contribution in [3.8, 4) is 0 Å². The number of hydrogen-bond donors (Lipinski definition) is 1. The fourth-order valence-electron chi connectivity index (χ4n) is 4.58. The first-order valence-corrected chi connectivity index (χ1v) is 7.80. The van der Waals surface area contributed by atoms with Crippen molar-refractivity contribution in [2.75, 3.05) is 18.0 Å². The van der Waals surface area contributed by atoms with Crippen LogP contribution >= 0.6 is 0 Å². The van der Waals surface area contributed by atoms with E-state index in [1.54, 1.807) is 12.1 Å². The molecule has 3 rings (SSSR count). The Morgan fingerprint density at radius 2 is 2.00 bits per heavy atom. The number of nitrogens with zero attached hydrogens (tertiary/aromatic N) is 1. The first-order chi connectivity index (χ1) is 9.54. The highest BCUT2D eigenvalue weighted by Crippen LogP contribution is 2.44. The molecule has 1 heterocycles. The second kappa shape index (κ2) is 5.03. The van der Waals surface area contributed by atoms with Gasteiger partial charge in [0.15, 0.2) is 0 Å². The van der Waals surface area contributed by atoms with Crippen LogP contribution < -0.4 is 10.6 Å². The van der Waals surface area contributed by atoms with Crippen molar-refractivity contribution in [1.82, 2.24) is 0 Å². The largest absolute Gasteiger partial charge is 0.364 e. The highest BCUT2D eigenvalue weighted by molar-refractivity contribution is 5.60. The van der Waals surface area contributed by atoms with Crippen LogP contribution in [0.25, 0.3) is 0 Å². The molecule has 0 spiro atoms. The van der Waals surface area contributed by atoms with Crippen LogP contribution in [0.1, 0.15) is 38.7 Å². The third kappa shape index (κ3) is 2.22. The first kappa shape index (κ1) is 13.9. The summed E-state index contributed by atoms with van der Waals surface area (Å²) < 4.78 is 13.6. The lowest BCUT2D eigenvalue weighted by Crippen LogP contribution is -2.57. The van der Waals surface area contributed by atoms with Gasteiger partial charge < -0.3 is 10.6 Å². The summed E-state index contributed by atoms with van der Waals surface area (Å²) in [5.41, 5.74) is 8.58. The SMILES string of the molecule is CC1CC(C)CC(CN)(N2CCc3ccc(F)cc32)C1. The van der Waals surface area contributed by atoms with Gasteiger partial charge in [-0.1, -0.05) is 19.9 Å². The molecule has 2 unspecified atom stereocenters. The van der Waals surface area contributed by atoms with Crippen molar-refractivity contribution in [2.24, 2.45) is 17.6 Å². The summed E-state index contributed by atoms with van der Waals surface area (Å²) in [5, 5.41) is 0. The molecule has 2 nitrogen and oxygen atoms in total. The standard InChI is InChI=1S/C17H25FN2/c1-12-7-13(2)10-17(9-12,11-19)20-6-5-14-3-4-15(18)8-16(14)20/h3-4,8,12-13H,5-7,9-11,19H2,1-2H3. The summed E-state index contributed by atoms with van der Waals surface area (Å²) in [6.45, 7) is 6.29. The van der Waals surface area contributed by atoms with E-state index in [4.69, 9.17) is 5.73 Å². The number of hydrogen-bond acceptors (Lipinski definition) is 2. The summed E-state index contributed by atoms with van der Waals surface area (Å²) in [4.78, 5) is 2.41. The number of rotatable bonds is 2. The highest BCUT2D eigenvalue weighted by Gasteiger charge is 2.43. The van der Waals surface area contributed by atoms with Gasteiger partial charge in [0.25, 0.3) is 0 Å². The van der Waals surface area contributed by atoms with E-state index in [9.17, 15) is 4.39 Å². The molecule has 3 heteroatoms. The molecule has 1 aromatic carbocycles. The van der Waals surface area contributed by atoms with E-state index in [2.05, 4.69) is 18.7 Å². The van der Waals surface area contributed by atoms with E-state index in [0.717, 1.165) is 31.5 Å². The molecule has 2 atom stereocenters. The molecular weight excluding hydrogens is 251 g/mol. The molecule has 2 aliphatic rings. The van der Waals surface area contributed by atoms with Crippen molar-refractivity contribution >= 4 is 5.69 Å². The Morgan fingerprint density at radius 3 is 2.65 bits per heavy atom. The lowest BCUT2D eigenvalue weighted by Gasteiger charge is -2.49. The van der Waals surface area contributed by atoms with Gasteiger partial charge in [0.1, 0.15) is 5.82 Å². The minimum Gasteiger partial charge on any atom is -0.364 e. The molecular formula is C17H25FN2. The van der Waals surface area contributed by atoms with Crippen LogP contribution in [0.2, 0.25) is 0 Å². The van der Waals surface area contributed by atoms with Crippen molar-refractivity contribution < 1.29 is 4.39 Å². The van der Waals surface area contributed by atoms with Gasteiger partial charge in [0.2, 0.25) is 0 Å². The van der Waals surface area contributed by atoms with Crippen molar-refractivity contribution in [3.05, 3.63) is 29.6 Å². The summed E-state index contributed by atoms with van der Waals surface area (Å²) in [5.74, 6) is 1.25. The Hall–Kier alpha value is -1.09. The topological polar surface area (TPSA) is 29.3 Å². The second-order valence-electron chi connectivity index (χ2n) is 6.96. The maximum Gasteiger partial charge on any atom is 0.125 e. The van der Waals surface area contributed by atoms with Gasteiger partial charge in [-0.3, -0.25) is 0 Å². The van der Waals surface area contributed by atoms with Crippen LogP contribution in [0.15, 0.2) is 18.2 Å². The van der Waals surface area contributed by atoms with E-state index in [1.165, 1.54) is 12.0 Å². The molecule has 1 saturated carbocycles. The van der Waals surface area contributed by atoms with Crippen LogP contribution in [0.4, 0.5) is 10.1 Å². The average molecular weight is 276 g/mol. The normalized spacial score (nSPS) is 33.3. The molecule has 0 radical (unpaired) electrons. The molecule has 0 amide bonds. The average Bonchev–Trinajstić information content (AvgIpc) is 2.80. The van der Waals surface area contributed by atoms with E-state index < -0.39 is 0 Å². The first-order valence-electron chi connectivity index (χ1n) is 7.80. The number of anilines is 1. The molecule has 20 heavy (non-hydrogen) atoms. The minimum atomic E-state index is -0.139. The summed E-state index contributed by atoms with van der Waals surface area (Å²) >= 11 is 0. The van der Waals surface area contributed by atoms with Crippen LogP contribution in [0.5, 0.6) is 0 Å². The fraction of sp³-hybridized carbons (Fsp3) is 0.647. The quantitative estimate of drug-likeness (QED) is 0.897. The lowest BCUT2D eigenvalue weighted by molar-refractivity contribution is 0.179. The Bertz CT molecular complexity index is 490. The summed E-state index contributed by atoms with van der Waals surface area (Å²) in [6, 6.07) is 5.21. The monoisotopic (exact) mass is 276 g/mol. The summed E-state index contributed by atoms with van der Waals surface area (Å²) in [7, 11) is 0. The molecule has 1 aromatic rings. The van der Waals surface area contributed by atoms with Crippen LogP contribution in [-0.4, -0.2) is 18.6 Å². The minimum absolute atomic E-state index is 0.0239. The Balaban J connectivity index is 1.97. The van der Waals surface area contributed by atoms with Crippen molar-refractivity contribution in [1.29, 1.82) is 0 Å². The molecule has 1 aliphatic carbocycles. The van der Waals surface area contributed by atoms with E-state index in [0.29, 0.717) is 18.4 Å². The molecule has 0 bridgehead atoms. The van der Waals surface area contributed by atoms with Gasteiger partial charge in [-0.15, -0.1) is 0 Å². The number of benzene rings is 1. The van der Waals surface area contributed by atoms with Gasteiger partial charge in [0.05, 0.1) is 5.54 Å². The maximum absolute atomic E-state index is 13.6. The zero-order valence-electron chi connectivity index (χ0n) is 12.5. The predicted molar refractivity (Wildman–Crippen MR) is 81.4 cm³/mol. The third-order valence-electron chi connectivity index (χ3n) is 5.16. The zero-order valence-corrected chi connectivity index (χ0v) is 12.5. The van der Waals surface area contributed by atoms with Gasteiger partial charge in [-0.05, 0) is 55.2 Å². The van der Waals surface area contributed by atoms with Crippen molar-refractivity contribution in [3.63, 3.8) is 0 Å². The Labute approximate surface area is 121 Å². The summed E-state index contributed by atoms with van der Waals surface area (Å²) in [6.07, 6.45) is 4.55. The van der Waals surface area contributed by atoms with Crippen LogP contribution in [0, 0.1) is 17.7 Å². The number of halogens is 1. The van der Waals surface area contributed by atoms with Gasteiger partial charge in [-0.2, -0.15) is 0 Å². The van der Waals surface area contributed by atoms with Gasteiger partial charge in [0, 0.05) is 18.8 Å². The van der Waals surface area contributed by atoms with Gasteiger partial charge >= 0.3 is 0 Å². The number of fused-ring (bicyclic) bond motifs is 1. The molecule has 110 valence electrons. The molecule has 1 aliphatic heterocycles. The molecule has 0 aromatic heterocycles. The zero-order chi connectivity index (χ0) is 14.3. The molecule has 1 fully saturated rings. The molecule has 2 N–H and O–H groups in total. The highest BCUT2D eigenvalue weighted by atomic mass is 19.1. The Kier molecular flexibility index (Phi) is 3.49. The smallest absolute Gasteiger partial charge is 0.125 e. The molecule has 0 saturated heterocycles. The van der Waals surface area contributed by atoms with Crippen molar-refractivity contribution in [2.45, 2.75) is 45.1 Å². The lowest BCUT2D eigenvalue weighted by atomic mass is 9.70. The fourth-order valence-corrected chi connectivity index (χ4v) is 4.58. The van der Waals surface area contributed by atoms with Gasteiger partial charge in [-0.25, -0.2) is 4.39 Å².